The molecule has 0 saturated carbocycles. The maximum atomic E-state index is 12.6. The van der Waals surface area contributed by atoms with Crippen molar-refractivity contribution < 1.29 is 9.53 Å². The number of pyridine rings is 1. The van der Waals surface area contributed by atoms with Crippen molar-refractivity contribution in [3.8, 4) is 5.88 Å². The van der Waals surface area contributed by atoms with Crippen LogP contribution in [-0.2, 0) is 6.54 Å². The molecule has 0 unspecified atom stereocenters. The summed E-state index contributed by atoms with van der Waals surface area (Å²) in [6, 6.07) is 3.44. The topological polar surface area (TPSA) is 98.1 Å². The van der Waals surface area contributed by atoms with Crippen LogP contribution in [-0.4, -0.2) is 62.6 Å². The number of ether oxygens (including phenoxy) is 1. The number of nitrogens with one attached hydrogen (secondary N) is 1. The van der Waals surface area contributed by atoms with E-state index in [4.69, 9.17) is 14.7 Å². The van der Waals surface area contributed by atoms with Crippen molar-refractivity contribution in [1.82, 2.24) is 30.0 Å². The van der Waals surface area contributed by atoms with Crippen LogP contribution in [0.3, 0.4) is 0 Å². The highest BCUT2D eigenvalue weighted by Gasteiger charge is 2.20. The van der Waals surface area contributed by atoms with E-state index in [2.05, 4.69) is 27.2 Å². The van der Waals surface area contributed by atoms with Crippen molar-refractivity contribution in [2.45, 2.75) is 44.8 Å². The van der Waals surface area contributed by atoms with E-state index in [0.29, 0.717) is 31.1 Å². The Morgan fingerprint density at radius 1 is 1.22 bits per heavy atom. The molecule has 1 N–H and O–H groups in total. The van der Waals surface area contributed by atoms with Crippen molar-refractivity contribution in [2.75, 3.05) is 36.9 Å². The molecule has 1 amide bonds. The quantitative estimate of drug-likeness (QED) is 0.388. The van der Waals surface area contributed by atoms with Crippen LogP contribution in [0, 0.1) is 0 Å². The Balaban J connectivity index is 1.51. The normalized spacial score (nSPS) is 14.0. The third-order valence-corrected chi connectivity index (χ3v) is 6.02. The van der Waals surface area contributed by atoms with Crippen molar-refractivity contribution in [2.24, 2.45) is 0 Å². The molecule has 0 aromatic carbocycles. The second kappa shape index (κ2) is 10.6. The van der Waals surface area contributed by atoms with Crippen molar-refractivity contribution >= 4 is 34.5 Å². The lowest BCUT2D eigenvalue weighted by Crippen LogP contribution is -2.30. The number of hydrogen-bond donors (Lipinski definition) is 1. The summed E-state index contributed by atoms with van der Waals surface area (Å²) in [5.41, 5.74) is 1.23. The molecule has 1 saturated heterocycles. The Morgan fingerprint density at radius 3 is 2.84 bits per heavy atom. The van der Waals surface area contributed by atoms with Gasteiger partial charge in [-0.25, -0.2) is 19.6 Å². The number of aromatic nitrogens is 5. The van der Waals surface area contributed by atoms with Gasteiger partial charge in [0.1, 0.15) is 11.4 Å². The fourth-order valence-electron chi connectivity index (χ4n) is 3.81. The predicted molar refractivity (Wildman–Crippen MR) is 126 cm³/mol. The van der Waals surface area contributed by atoms with Crippen LogP contribution in [0.5, 0.6) is 5.88 Å². The minimum atomic E-state index is -0.219. The second-order valence-corrected chi connectivity index (χ2v) is 8.69. The number of amides is 1. The number of nitrogens with zero attached hydrogens (tertiary/aromatic N) is 6. The lowest BCUT2D eigenvalue weighted by Gasteiger charge is -2.28. The SMILES string of the molecule is CCOc1ncccc1C(=O)NCCn1ncc2c(N3CCCCC3)nc(SCC)nc21. The highest BCUT2D eigenvalue weighted by molar-refractivity contribution is 7.99. The van der Waals surface area contributed by atoms with Gasteiger partial charge in [0, 0.05) is 25.8 Å². The van der Waals surface area contributed by atoms with Gasteiger partial charge in [-0.1, -0.05) is 18.7 Å². The van der Waals surface area contributed by atoms with Gasteiger partial charge in [-0.2, -0.15) is 5.10 Å². The molecule has 0 bridgehead atoms. The highest BCUT2D eigenvalue weighted by Crippen LogP contribution is 2.29. The third-order valence-electron chi connectivity index (χ3n) is 5.29. The van der Waals surface area contributed by atoms with E-state index in [9.17, 15) is 4.79 Å². The standard InChI is InChI=1S/C22H29N7O2S/c1-3-31-21-16(9-8-10-24-21)20(30)23-11-14-29-19-17(15-25-29)18(26-22(27-19)32-4-2)28-12-6-5-7-13-28/h8-10,15H,3-7,11-14H2,1-2H3,(H,23,30). The Bertz CT molecular complexity index is 1070. The summed E-state index contributed by atoms with van der Waals surface area (Å²) in [5.74, 6) is 2.00. The Labute approximate surface area is 192 Å². The smallest absolute Gasteiger partial charge is 0.256 e. The Kier molecular flexibility index (Phi) is 7.41. The molecular weight excluding hydrogens is 426 g/mol. The molecule has 3 aromatic heterocycles. The van der Waals surface area contributed by atoms with Gasteiger partial charge in [0.05, 0.1) is 24.7 Å². The molecule has 4 rings (SSSR count). The number of carbonyl (C=O) groups excluding carboxylic acids is 1. The molecular formula is C22H29N7O2S. The summed E-state index contributed by atoms with van der Waals surface area (Å²) in [6.45, 7) is 7.35. The molecule has 4 heterocycles. The lowest BCUT2D eigenvalue weighted by molar-refractivity contribution is 0.0947. The van der Waals surface area contributed by atoms with Crippen LogP contribution in [0.2, 0.25) is 0 Å². The molecule has 32 heavy (non-hydrogen) atoms. The minimum Gasteiger partial charge on any atom is -0.477 e. The summed E-state index contributed by atoms with van der Waals surface area (Å²) in [4.78, 5) is 28.7. The molecule has 0 aliphatic carbocycles. The fraction of sp³-hybridized carbons (Fsp3) is 0.500. The lowest BCUT2D eigenvalue weighted by atomic mass is 10.1. The first-order chi connectivity index (χ1) is 15.7. The molecule has 170 valence electrons. The maximum Gasteiger partial charge on any atom is 0.256 e. The number of carbonyl (C=O) groups is 1. The molecule has 0 radical (unpaired) electrons. The van der Waals surface area contributed by atoms with E-state index >= 15 is 0 Å². The third kappa shape index (κ3) is 4.95. The summed E-state index contributed by atoms with van der Waals surface area (Å²) in [5, 5.41) is 9.23. The molecule has 3 aromatic rings. The number of fused-ring (bicyclic) bond motifs is 1. The fourth-order valence-corrected chi connectivity index (χ4v) is 4.37. The van der Waals surface area contributed by atoms with Crippen LogP contribution in [0.4, 0.5) is 5.82 Å². The minimum absolute atomic E-state index is 0.219. The molecule has 0 atom stereocenters. The average Bonchev–Trinajstić information content (AvgIpc) is 3.23. The maximum absolute atomic E-state index is 12.6. The summed E-state index contributed by atoms with van der Waals surface area (Å²) in [7, 11) is 0. The summed E-state index contributed by atoms with van der Waals surface area (Å²) in [6.07, 6.45) is 7.08. The molecule has 1 fully saturated rings. The first-order valence-electron chi connectivity index (χ1n) is 11.2. The predicted octanol–water partition coefficient (Wildman–Crippen LogP) is 3.15. The van der Waals surface area contributed by atoms with Crippen molar-refractivity contribution in [3.63, 3.8) is 0 Å². The van der Waals surface area contributed by atoms with E-state index in [1.165, 1.54) is 19.3 Å². The van der Waals surface area contributed by atoms with E-state index < -0.39 is 0 Å². The highest BCUT2D eigenvalue weighted by atomic mass is 32.2. The monoisotopic (exact) mass is 455 g/mol. The molecule has 1 aliphatic heterocycles. The molecule has 10 heteroatoms. The van der Waals surface area contributed by atoms with E-state index in [1.807, 2.05) is 17.8 Å². The zero-order valence-corrected chi connectivity index (χ0v) is 19.4. The number of anilines is 1. The van der Waals surface area contributed by atoms with E-state index in [1.54, 1.807) is 30.1 Å². The van der Waals surface area contributed by atoms with Gasteiger partial charge >= 0.3 is 0 Å². The number of piperidine rings is 1. The summed E-state index contributed by atoms with van der Waals surface area (Å²) >= 11 is 1.63. The van der Waals surface area contributed by atoms with Crippen LogP contribution in [0.1, 0.15) is 43.5 Å². The van der Waals surface area contributed by atoms with Crippen LogP contribution >= 0.6 is 11.8 Å². The van der Waals surface area contributed by atoms with Crippen molar-refractivity contribution in [1.29, 1.82) is 0 Å². The summed E-state index contributed by atoms with van der Waals surface area (Å²) < 4.78 is 7.31. The van der Waals surface area contributed by atoms with Crippen molar-refractivity contribution in [3.05, 3.63) is 30.1 Å². The van der Waals surface area contributed by atoms with Crippen LogP contribution < -0.4 is 15.0 Å². The van der Waals surface area contributed by atoms with Gasteiger partial charge in [0.15, 0.2) is 10.8 Å². The van der Waals surface area contributed by atoms with Gasteiger partial charge in [-0.05, 0) is 44.1 Å². The van der Waals surface area contributed by atoms with Gasteiger partial charge in [-0.3, -0.25) is 4.79 Å². The second-order valence-electron chi connectivity index (χ2n) is 7.46. The van der Waals surface area contributed by atoms with Gasteiger partial charge in [0.25, 0.3) is 5.91 Å². The molecule has 9 nitrogen and oxygen atoms in total. The van der Waals surface area contributed by atoms with E-state index in [-0.39, 0.29) is 5.91 Å². The molecule has 0 spiro atoms. The van der Waals surface area contributed by atoms with Crippen LogP contribution in [0.15, 0.2) is 29.7 Å². The number of rotatable bonds is 9. The first-order valence-corrected chi connectivity index (χ1v) is 12.2. The van der Waals surface area contributed by atoms with Crippen LogP contribution in [0.25, 0.3) is 11.0 Å². The zero-order chi connectivity index (χ0) is 22.3. The van der Waals surface area contributed by atoms with Gasteiger partial charge < -0.3 is 15.0 Å². The first kappa shape index (κ1) is 22.3. The largest absolute Gasteiger partial charge is 0.477 e. The Hall–Kier alpha value is -2.88. The zero-order valence-electron chi connectivity index (χ0n) is 18.6. The average molecular weight is 456 g/mol. The number of thioether (sulfide) groups is 1. The molecule has 1 aliphatic rings. The Morgan fingerprint density at radius 2 is 2.06 bits per heavy atom. The van der Waals surface area contributed by atoms with Gasteiger partial charge in [0.2, 0.25) is 5.88 Å². The number of hydrogen-bond acceptors (Lipinski definition) is 8. The van der Waals surface area contributed by atoms with E-state index in [0.717, 1.165) is 40.9 Å². The van der Waals surface area contributed by atoms with Gasteiger partial charge in [-0.15, -0.1) is 0 Å².